The zero-order valence-corrected chi connectivity index (χ0v) is 13.9. The number of benzene rings is 1. The number of halogens is 1. The Bertz CT molecular complexity index is 865. The van der Waals surface area contributed by atoms with Crippen LogP contribution in [0.1, 0.15) is 29.7 Å². The number of rotatable bonds is 6. The van der Waals surface area contributed by atoms with Crippen molar-refractivity contribution in [1.29, 1.82) is 0 Å². The van der Waals surface area contributed by atoms with Crippen LogP contribution in [-0.2, 0) is 22.6 Å². The Kier molecular flexibility index (Phi) is 4.92. The highest BCUT2D eigenvalue weighted by molar-refractivity contribution is 5.69. The van der Waals surface area contributed by atoms with Crippen LogP contribution in [0.5, 0.6) is 0 Å². The molecule has 0 amide bonds. The Balaban J connectivity index is 1.52. The third kappa shape index (κ3) is 4.12. The van der Waals surface area contributed by atoms with Gasteiger partial charge in [-0.25, -0.2) is 14.4 Å². The van der Waals surface area contributed by atoms with E-state index in [1.165, 1.54) is 12.3 Å². The van der Waals surface area contributed by atoms with Crippen molar-refractivity contribution in [3.8, 4) is 11.3 Å². The van der Waals surface area contributed by atoms with E-state index in [4.69, 9.17) is 13.6 Å². The van der Waals surface area contributed by atoms with Crippen molar-refractivity contribution in [3.63, 3.8) is 0 Å². The Morgan fingerprint density at radius 3 is 2.72 bits per heavy atom. The molecule has 0 bridgehead atoms. The fourth-order valence-electron chi connectivity index (χ4n) is 2.24. The van der Waals surface area contributed by atoms with Crippen LogP contribution in [0.4, 0.5) is 4.39 Å². The second-order valence-electron chi connectivity index (χ2n) is 5.51. The largest absolute Gasteiger partial charge is 0.456 e. The summed E-state index contributed by atoms with van der Waals surface area (Å²) in [5.74, 6) is 0.929. The number of ether oxygens (including phenoxy) is 1. The van der Waals surface area contributed by atoms with Crippen molar-refractivity contribution in [2.75, 3.05) is 0 Å². The van der Waals surface area contributed by atoms with Crippen LogP contribution in [0.3, 0.4) is 0 Å². The molecule has 3 rings (SSSR count). The molecule has 3 aromatic rings. The number of carbonyl (C=O) groups is 1. The van der Waals surface area contributed by atoms with Crippen molar-refractivity contribution in [3.05, 3.63) is 59.5 Å². The minimum absolute atomic E-state index is 0.0143. The Hall–Kier alpha value is -2.96. The Labute approximate surface area is 143 Å². The number of aryl methyl sites for hydroxylation is 3. The summed E-state index contributed by atoms with van der Waals surface area (Å²) in [6.07, 6.45) is 1.80. The molecule has 7 heteroatoms. The maximum absolute atomic E-state index is 13.7. The number of aromatic nitrogens is 2. The van der Waals surface area contributed by atoms with Gasteiger partial charge < -0.3 is 13.6 Å². The van der Waals surface area contributed by atoms with Crippen molar-refractivity contribution < 1.29 is 22.8 Å². The van der Waals surface area contributed by atoms with E-state index in [1.807, 2.05) is 6.92 Å². The highest BCUT2D eigenvalue weighted by atomic mass is 19.1. The molecule has 25 heavy (non-hydrogen) atoms. The number of carbonyl (C=O) groups excluding carboxylic acids is 1. The minimum atomic E-state index is -0.417. The lowest BCUT2D eigenvalue weighted by atomic mass is 10.2. The SMILES string of the molecule is Cc1nc(COC(=O)CCc2ncc(-c3ccccc3F)o2)oc1C. The molecule has 0 atom stereocenters. The molecule has 1 aromatic carbocycles. The fourth-order valence-corrected chi connectivity index (χ4v) is 2.24. The van der Waals surface area contributed by atoms with Gasteiger partial charge in [0.1, 0.15) is 11.6 Å². The molecule has 0 saturated heterocycles. The molecule has 0 N–H and O–H groups in total. The van der Waals surface area contributed by atoms with Crippen LogP contribution in [0.25, 0.3) is 11.3 Å². The van der Waals surface area contributed by atoms with Crippen LogP contribution in [-0.4, -0.2) is 15.9 Å². The molecule has 0 fully saturated rings. The number of esters is 1. The van der Waals surface area contributed by atoms with E-state index < -0.39 is 5.97 Å². The van der Waals surface area contributed by atoms with Gasteiger partial charge in [-0.1, -0.05) is 12.1 Å². The average Bonchev–Trinajstić information content (AvgIpc) is 3.18. The van der Waals surface area contributed by atoms with E-state index in [9.17, 15) is 9.18 Å². The van der Waals surface area contributed by atoms with Crippen LogP contribution >= 0.6 is 0 Å². The maximum Gasteiger partial charge on any atom is 0.306 e. The van der Waals surface area contributed by atoms with E-state index in [0.717, 1.165) is 5.69 Å². The normalized spacial score (nSPS) is 10.8. The number of nitrogens with zero attached hydrogens (tertiary/aromatic N) is 2. The molecule has 0 saturated carbocycles. The Morgan fingerprint density at radius 1 is 1.20 bits per heavy atom. The number of hydrogen-bond acceptors (Lipinski definition) is 6. The molecular weight excluding hydrogens is 327 g/mol. The lowest BCUT2D eigenvalue weighted by Crippen LogP contribution is -2.06. The van der Waals surface area contributed by atoms with Gasteiger partial charge in [-0.2, -0.15) is 0 Å². The second-order valence-corrected chi connectivity index (χ2v) is 5.51. The number of oxazole rings is 2. The standard InChI is InChI=1S/C18H17FN2O4/c1-11-12(2)24-17(21-11)10-23-18(22)8-7-16-20-9-15(25-16)13-5-3-4-6-14(13)19/h3-6,9H,7-8,10H2,1-2H3. The van der Waals surface area contributed by atoms with Gasteiger partial charge in [0, 0.05) is 6.42 Å². The topological polar surface area (TPSA) is 78.4 Å². The molecular formula is C18H17FN2O4. The minimum Gasteiger partial charge on any atom is -0.456 e. The van der Waals surface area contributed by atoms with Gasteiger partial charge in [0.25, 0.3) is 0 Å². The summed E-state index contributed by atoms with van der Waals surface area (Å²) in [6, 6.07) is 6.27. The fraction of sp³-hybridized carbons (Fsp3) is 0.278. The quantitative estimate of drug-likeness (QED) is 0.634. The van der Waals surface area contributed by atoms with Gasteiger partial charge in [-0.05, 0) is 26.0 Å². The van der Waals surface area contributed by atoms with Gasteiger partial charge >= 0.3 is 5.97 Å². The van der Waals surface area contributed by atoms with Gasteiger partial charge in [0.15, 0.2) is 18.3 Å². The van der Waals surface area contributed by atoms with Crippen molar-refractivity contribution in [1.82, 2.24) is 9.97 Å². The van der Waals surface area contributed by atoms with E-state index in [0.29, 0.717) is 28.9 Å². The first-order valence-electron chi connectivity index (χ1n) is 7.81. The molecule has 0 unspecified atom stereocenters. The predicted octanol–water partition coefficient (Wildman–Crippen LogP) is 3.76. The second kappa shape index (κ2) is 7.29. The Morgan fingerprint density at radius 2 is 2.00 bits per heavy atom. The summed E-state index contributed by atoms with van der Waals surface area (Å²) in [5, 5.41) is 0. The van der Waals surface area contributed by atoms with E-state index in [2.05, 4.69) is 9.97 Å². The van der Waals surface area contributed by atoms with Gasteiger partial charge in [0.05, 0.1) is 23.9 Å². The molecule has 0 aliphatic carbocycles. The highest BCUT2D eigenvalue weighted by Gasteiger charge is 2.13. The van der Waals surface area contributed by atoms with Gasteiger partial charge in [-0.3, -0.25) is 4.79 Å². The first-order valence-corrected chi connectivity index (χ1v) is 7.81. The molecule has 0 radical (unpaired) electrons. The zero-order chi connectivity index (χ0) is 17.8. The molecule has 0 aliphatic rings. The third-order valence-corrected chi connectivity index (χ3v) is 3.67. The summed E-state index contributed by atoms with van der Waals surface area (Å²) < 4.78 is 29.6. The van der Waals surface area contributed by atoms with E-state index >= 15 is 0 Å². The molecule has 0 spiro atoms. The van der Waals surface area contributed by atoms with Crippen LogP contribution in [0, 0.1) is 19.7 Å². The van der Waals surface area contributed by atoms with Crippen LogP contribution in [0.2, 0.25) is 0 Å². The van der Waals surface area contributed by atoms with E-state index in [1.54, 1.807) is 25.1 Å². The summed E-state index contributed by atoms with van der Waals surface area (Å²) in [6.45, 7) is 3.60. The lowest BCUT2D eigenvalue weighted by Gasteiger charge is -2.01. The monoisotopic (exact) mass is 344 g/mol. The van der Waals surface area contributed by atoms with Crippen molar-refractivity contribution in [2.45, 2.75) is 33.3 Å². The first-order chi connectivity index (χ1) is 12.0. The summed E-state index contributed by atoms with van der Waals surface area (Å²) in [4.78, 5) is 20.0. The zero-order valence-electron chi connectivity index (χ0n) is 13.9. The molecule has 2 aromatic heterocycles. The molecule has 6 nitrogen and oxygen atoms in total. The van der Waals surface area contributed by atoms with Crippen LogP contribution < -0.4 is 0 Å². The third-order valence-electron chi connectivity index (χ3n) is 3.67. The highest BCUT2D eigenvalue weighted by Crippen LogP contribution is 2.23. The average molecular weight is 344 g/mol. The number of hydrogen-bond donors (Lipinski definition) is 0. The molecule has 0 aliphatic heterocycles. The van der Waals surface area contributed by atoms with Crippen molar-refractivity contribution >= 4 is 5.97 Å². The molecule has 2 heterocycles. The predicted molar refractivity (Wildman–Crippen MR) is 86.0 cm³/mol. The smallest absolute Gasteiger partial charge is 0.306 e. The van der Waals surface area contributed by atoms with Gasteiger partial charge in [0.2, 0.25) is 5.89 Å². The summed E-state index contributed by atoms with van der Waals surface area (Å²) in [7, 11) is 0. The van der Waals surface area contributed by atoms with E-state index in [-0.39, 0.29) is 25.3 Å². The summed E-state index contributed by atoms with van der Waals surface area (Å²) in [5.41, 5.74) is 1.10. The van der Waals surface area contributed by atoms with Crippen molar-refractivity contribution in [2.24, 2.45) is 0 Å². The molecule has 130 valence electrons. The maximum atomic E-state index is 13.7. The summed E-state index contributed by atoms with van der Waals surface area (Å²) >= 11 is 0. The first kappa shape index (κ1) is 16.9. The van der Waals surface area contributed by atoms with Gasteiger partial charge in [-0.15, -0.1) is 0 Å². The van der Waals surface area contributed by atoms with Crippen LogP contribution in [0.15, 0.2) is 39.3 Å². The lowest BCUT2D eigenvalue weighted by molar-refractivity contribution is -0.145.